The molecule has 1 aliphatic heterocycles. The van der Waals surface area contributed by atoms with Gasteiger partial charge < -0.3 is 9.88 Å². The molecule has 1 fully saturated rings. The monoisotopic (exact) mass is 253 g/mol. The van der Waals surface area contributed by atoms with Crippen LogP contribution in [0, 0.1) is 0 Å². The van der Waals surface area contributed by atoms with Gasteiger partial charge in [-0.15, -0.1) is 0 Å². The smallest absolute Gasteiger partial charge is 0.0948 e. The van der Waals surface area contributed by atoms with Gasteiger partial charge in [0.05, 0.1) is 6.33 Å². The Labute approximate surface area is 108 Å². The van der Waals surface area contributed by atoms with Crippen molar-refractivity contribution in [2.75, 3.05) is 19.3 Å². The molecule has 0 radical (unpaired) electrons. The Kier molecular flexibility index (Phi) is 4.15. The predicted octanol–water partition coefficient (Wildman–Crippen LogP) is 2.49. The van der Waals surface area contributed by atoms with E-state index in [4.69, 9.17) is 0 Å². The Morgan fingerprint density at radius 3 is 2.65 bits per heavy atom. The Morgan fingerprint density at radius 2 is 2.18 bits per heavy atom. The predicted molar refractivity (Wildman–Crippen MR) is 74.7 cm³/mol. The van der Waals surface area contributed by atoms with Crippen molar-refractivity contribution >= 4 is 11.8 Å². The van der Waals surface area contributed by atoms with E-state index in [1.807, 2.05) is 24.3 Å². The van der Waals surface area contributed by atoms with Crippen molar-refractivity contribution in [2.24, 2.45) is 0 Å². The largest absolute Gasteiger partial charge is 0.333 e. The summed E-state index contributed by atoms with van der Waals surface area (Å²) >= 11 is 2.00. The number of aromatic nitrogens is 2. The first kappa shape index (κ1) is 13.0. The molecular weight excluding hydrogens is 230 g/mol. The maximum absolute atomic E-state index is 4.34. The second-order valence-corrected chi connectivity index (χ2v) is 6.17. The van der Waals surface area contributed by atoms with E-state index in [2.05, 4.69) is 35.0 Å². The van der Waals surface area contributed by atoms with E-state index < -0.39 is 0 Å². The van der Waals surface area contributed by atoms with Gasteiger partial charge in [0.15, 0.2) is 0 Å². The Balaban J connectivity index is 2.14. The molecule has 1 saturated heterocycles. The van der Waals surface area contributed by atoms with Gasteiger partial charge in [-0.2, -0.15) is 11.8 Å². The zero-order valence-corrected chi connectivity index (χ0v) is 11.9. The molecule has 0 bridgehead atoms. The molecule has 1 aliphatic rings. The number of rotatable bonds is 6. The fourth-order valence-electron chi connectivity index (χ4n) is 2.44. The molecule has 1 aromatic heterocycles. The normalized spacial score (nSPS) is 17.1. The Morgan fingerprint density at radius 1 is 1.47 bits per heavy atom. The molecule has 3 nitrogen and oxygen atoms in total. The highest BCUT2D eigenvalue weighted by Crippen LogP contribution is 2.33. The third-order valence-corrected chi connectivity index (χ3v) is 5.70. The van der Waals surface area contributed by atoms with Crippen molar-refractivity contribution in [3.63, 3.8) is 0 Å². The molecule has 1 N–H and O–H groups in total. The van der Waals surface area contributed by atoms with Crippen molar-refractivity contribution in [3.05, 3.63) is 18.2 Å². The minimum absolute atomic E-state index is 0.368. The summed E-state index contributed by atoms with van der Waals surface area (Å²) in [5.74, 6) is 0.672. The molecule has 0 unspecified atom stereocenters. The van der Waals surface area contributed by atoms with Crippen LogP contribution in [-0.4, -0.2) is 33.6 Å². The fourth-order valence-corrected chi connectivity index (χ4v) is 3.28. The average molecular weight is 253 g/mol. The molecule has 0 aliphatic carbocycles. The third-order valence-electron chi connectivity index (χ3n) is 4.12. The maximum atomic E-state index is 4.34. The lowest BCUT2D eigenvalue weighted by molar-refractivity contribution is 0.400. The van der Waals surface area contributed by atoms with Crippen LogP contribution in [0.5, 0.6) is 0 Å². The first-order valence-electron chi connectivity index (χ1n) is 6.50. The standard InChI is InChI=1S/C13H23N3S/c1-4-13(5-2,17-3)9-16-10-15-8-12(16)11-6-14-7-11/h8,10-11,14H,4-7,9H2,1-3H3. The number of hydrogen-bond acceptors (Lipinski definition) is 3. The number of thioether (sulfide) groups is 1. The third kappa shape index (κ3) is 2.52. The van der Waals surface area contributed by atoms with Gasteiger partial charge in [0.25, 0.3) is 0 Å². The SMILES string of the molecule is CCC(CC)(Cn1cncc1C1CNC1)SC. The minimum Gasteiger partial charge on any atom is -0.333 e. The van der Waals surface area contributed by atoms with Crippen LogP contribution in [0.1, 0.15) is 38.3 Å². The lowest BCUT2D eigenvalue weighted by Gasteiger charge is -2.33. The molecule has 2 heterocycles. The molecule has 17 heavy (non-hydrogen) atoms. The summed E-state index contributed by atoms with van der Waals surface area (Å²) in [7, 11) is 0. The number of nitrogens with one attached hydrogen (secondary N) is 1. The summed E-state index contributed by atoms with van der Waals surface area (Å²) in [5, 5.41) is 3.34. The van der Waals surface area contributed by atoms with Gasteiger partial charge in [-0.1, -0.05) is 13.8 Å². The van der Waals surface area contributed by atoms with E-state index in [0.717, 1.165) is 19.6 Å². The fraction of sp³-hybridized carbons (Fsp3) is 0.769. The second kappa shape index (κ2) is 5.44. The van der Waals surface area contributed by atoms with Gasteiger partial charge in [0.1, 0.15) is 0 Å². The van der Waals surface area contributed by atoms with E-state index >= 15 is 0 Å². The lowest BCUT2D eigenvalue weighted by Crippen LogP contribution is -2.41. The highest BCUT2D eigenvalue weighted by Gasteiger charge is 2.29. The first-order chi connectivity index (χ1) is 8.24. The number of imidazole rings is 1. The number of nitrogens with zero attached hydrogens (tertiary/aromatic N) is 2. The summed E-state index contributed by atoms with van der Waals surface area (Å²) in [6.07, 6.45) is 8.71. The summed E-state index contributed by atoms with van der Waals surface area (Å²) < 4.78 is 2.74. The highest BCUT2D eigenvalue weighted by molar-refractivity contribution is 8.00. The zero-order valence-electron chi connectivity index (χ0n) is 11.1. The van der Waals surface area contributed by atoms with Crippen LogP contribution in [0.25, 0.3) is 0 Å². The van der Waals surface area contributed by atoms with Crippen LogP contribution >= 0.6 is 11.8 Å². The summed E-state index contributed by atoms with van der Waals surface area (Å²) in [4.78, 5) is 4.34. The van der Waals surface area contributed by atoms with Crippen LogP contribution < -0.4 is 5.32 Å². The molecule has 0 spiro atoms. The Hall–Kier alpha value is -0.480. The molecule has 2 rings (SSSR count). The van der Waals surface area contributed by atoms with Crippen LogP contribution in [0.4, 0.5) is 0 Å². The van der Waals surface area contributed by atoms with Gasteiger partial charge in [0.2, 0.25) is 0 Å². The van der Waals surface area contributed by atoms with Crippen LogP contribution in [0.15, 0.2) is 12.5 Å². The highest BCUT2D eigenvalue weighted by atomic mass is 32.2. The quantitative estimate of drug-likeness (QED) is 0.845. The van der Waals surface area contributed by atoms with E-state index in [-0.39, 0.29) is 0 Å². The van der Waals surface area contributed by atoms with Crippen molar-refractivity contribution in [1.82, 2.24) is 14.9 Å². The van der Waals surface area contributed by atoms with E-state index in [9.17, 15) is 0 Å². The molecular formula is C13H23N3S. The van der Waals surface area contributed by atoms with Gasteiger partial charge in [0, 0.05) is 42.2 Å². The van der Waals surface area contributed by atoms with Gasteiger partial charge >= 0.3 is 0 Å². The first-order valence-corrected chi connectivity index (χ1v) is 7.73. The van der Waals surface area contributed by atoms with Crippen molar-refractivity contribution < 1.29 is 0 Å². The van der Waals surface area contributed by atoms with E-state index in [1.165, 1.54) is 18.5 Å². The molecule has 0 saturated carbocycles. The summed E-state index contributed by atoms with van der Waals surface area (Å²) in [6.45, 7) is 7.89. The molecule has 0 aromatic carbocycles. The van der Waals surface area contributed by atoms with Crippen molar-refractivity contribution in [1.29, 1.82) is 0 Å². The molecule has 1 aromatic rings. The van der Waals surface area contributed by atoms with Crippen LogP contribution in [0.3, 0.4) is 0 Å². The lowest BCUT2D eigenvalue weighted by atomic mass is 9.98. The van der Waals surface area contributed by atoms with Crippen molar-refractivity contribution in [3.8, 4) is 0 Å². The molecule has 0 amide bonds. The van der Waals surface area contributed by atoms with Gasteiger partial charge in [-0.05, 0) is 19.1 Å². The molecule has 96 valence electrons. The zero-order chi connectivity index (χ0) is 12.3. The number of hydrogen-bond donors (Lipinski definition) is 1. The maximum Gasteiger partial charge on any atom is 0.0948 e. The van der Waals surface area contributed by atoms with Crippen LogP contribution in [-0.2, 0) is 6.54 Å². The van der Waals surface area contributed by atoms with Crippen LogP contribution in [0.2, 0.25) is 0 Å². The van der Waals surface area contributed by atoms with Crippen molar-refractivity contribution in [2.45, 2.75) is 43.9 Å². The topological polar surface area (TPSA) is 29.9 Å². The summed E-state index contributed by atoms with van der Waals surface area (Å²) in [6, 6.07) is 0. The van der Waals surface area contributed by atoms with E-state index in [1.54, 1.807) is 0 Å². The van der Waals surface area contributed by atoms with Gasteiger partial charge in [-0.25, -0.2) is 4.98 Å². The average Bonchev–Trinajstić information content (AvgIpc) is 2.72. The van der Waals surface area contributed by atoms with E-state index in [0.29, 0.717) is 10.7 Å². The second-order valence-electron chi connectivity index (χ2n) is 4.90. The molecule has 0 atom stereocenters. The minimum atomic E-state index is 0.368. The molecule has 4 heteroatoms. The van der Waals surface area contributed by atoms with Gasteiger partial charge in [-0.3, -0.25) is 0 Å². The Bertz CT molecular complexity index is 345. The summed E-state index contributed by atoms with van der Waals surface area (Å²) in [5.41, 5.74) is 1.41.